The van der Waals surface area contributed by atoms with Gasteiger partial charge in [-0.05, 0) is 93.1 Å². The van der Waals surface area contributed by atoms with Gasteiger partial charge in [-0.2, -0.15) is 13.5 Å². The molecule has 290 valence electrons. The van der Waals surface area contributed by atoms with Crippen molar-refractivity contribution in [1.29, 1.82) is 0 Å². The molecule has 2 amide bonds. The summed E-state index contributed by atoms with van der Waals surface area (Å²) in [6, 6.07) is 21.4. The number of rotatable bonds is 25. The summed E-state index contributed by atoms with van der Waals surface area (Å²) in [6.45, 7) is 0.135. The van der Waals surface area contributed by atoms with Crippen molar-refractivity contribution in [1.82, 2.24) is 4.72 Å². The van der Waals surface area contributed by atoms with Crippen molar-refractivity contribution in [2.24, 2.45) is 5.11 Å². The van der Waals surface area contributed by atoms with Crippen molar-refractivity contribution in [2.45, 2.75) is 101 Å². The highest BCUT2D eigenvalue weighted by Crippen LogP contribution is 2.16. The van der Waals surface area contributed by atoms with Crippen molar-refractivity contribution < 1.29 is 27.9 Å². The molecule has 0 aliphatic heterocycles. The van der Waals surface area contributed by atoms with Crippen LogP contribution in [0.15, 0.2) is 113 Å². The summed E-state index contributed by atoms with van der Waals surface area (Å²) in [5.74, 6) is -0.961. The normalized spacial score (nSPS) is 11.8. The topological polar surface area (TPSA) is 178 Å². The Morgan fingerprint density at radius 2 is 1.28 bits per heavy atom. The van der Waals surface area contributed by atoms with Crippen LogP contribution in [-0.4, -0.2) is 43.8 Å². The number of ketones is 1. The average molecular weight is 776 g/mol. The summed E-state index contributed by atoms with van der Waals surface area (Å²) in [7, 11) is -4.04. The molecule has 3 rings (SSSR count). The van der Waals surface area contributed by atoms with Gasteiger partial charge in [-0.15, -0.1) is 0 Å². The molecule has 0 radical (unpaired) electrons. The van der Waals surface area contributed by atoms with Crippen LogP contribution in [0.25, 0.3) is 10.4 Å². The van der Waals surface area contributed by atoms with E-state index in [1.807, 2.05) is 12.1 Å². The zero-order valence-electron chi connectivity index (χ0n) is 30.7. The third kappa shape index (κ3) is 18.4. The third-order valence-electron chi connectivity index (χ3n) is 8.43. The lowest BCUT2D eigenvalue weighted by atomic mass is 10.0. The Balaban J connectivity index is 0.0000101. The monoisotopic (exact) mass is 775 g/mol. The molecule has 0 aromatic heterocycles. The number of amides is 2. The summed E-state index contributed by atoms with van der Waals surface area (Å²) < 4.78 is 27.6. The predicted molar refractivity (Wildman–Crippen MR) is 219 cm³/mol. The number of sulfonamides is 1. The van der Waals surface area contributed by atoms with E-state index in [1.54, 1.807) is 48.5 Å². The van der Waals surface area contributed by atoms with E-state index in [4.69, 9.17) is 5.53 Å². The van der Waals surface area contributed by atoms with Gasteiger partial charge in [0.05, 0.1) is 24.0 Å². The lowest BCUT2D eigenvalue weighted by Gasteiger charge is -2.09. The fraction of sp³-hybridized carbons (Fsp3) is 0.390. The van der Waals surface area contributed by atoms with Crippen LogP contribution in [0.3, 0.4) is 0 Å². The zero-order valence-corrected chi connectivity index (χ0v) is 32.6. The molecular weight excluding hydrogens is 723 g/mol. The first-order valence-electron chi connectivity index (χ1n) is 18.3. The number of hydrogen-bond acceptors (Lipinski definition) is 7. The quantitative estimate of drug-likeness (QED) is 0.0193. The van der Waals surface area contributed by atoms with Crippen molar-refractivity contribution in [2.75, 3.05) is 11.9 Å². The number of nitrogens with zero attached hydrogens (tertiary/aromatic N) is 3. The summed E-state index contributed by atoms with van der Waals surface area (Å²) in [5.41, 5.74) is 10.5. The van der Waals surface area contributed by atoms with Crippen LogP contribution in [0.1, 0.15) is 105 Å². The molecule has 13 heteroatoms. The number of unbranched alkanes of at least 4 members (excludes halogenated alkanes) is 8. The maximum atomic E-state index is 12.7. The van der Waals surface area contributed by atoms with Crippen LogP contribution < -0.4 is 10.0 Å². The fourth-order valence-corrected chi connectivity index (χ4v) is 6.51. The predicted octanol–water partition coefficient (Wildman–Crippen LogP) is 8.87. The average Bonchev–Trinajstić information content (AvgIpc) is 3.15. The van der Waals surface area contributed by atoms with Crippen molar-refractivity contribution in [3.63, 3.8) is 0 Å². The molecule has 0 heterocycles. The van der Waals surface area contributed by atoms with Crippen LogP contribution in [0.4, 0.5) is 5.69 Å². The fourth-order valence-electron chi connectivity index (χ4n) is 5.50. The van der Waals surface area contributed by atoms with E-state index in [-0.39, 0.29) is 49.5 Å². The van der Waals surface area contributed by atoms with Gasteiger partial charge >= 0.3 is 0 Å². The molecule has 0 spiro atoms. The van der Waals surface area contributed by atoms with Crippen molar-refractivity contribution >= 4 is 46.8 Å². The Morgan fingerprint density at radius 3 is 1.89 bits per heavy atom. The van der Waals surface area contributed by atoms with E-state index >= 15 is 0 Å². The summed E-state index contributed by atoms with van der Waals surface area (Å²) in [5, 5.41) is 15.7. The van der Waals surface area contributed by atoms with Gasteiger partial charge < -0.3 is 10.4 Å². The Bertz CT molecular complexity index is 1790. The molecule has 0 saturated heterocycles. The maximum Gasteiger partial charge on any atom is 0.264 e. The first-order valence-corrected chi connectivity index (χ1v) is 19.8. The van der Waals surface area contributed by atoms with Gasteiger partial charge in [-0.3, -0.25) is 14.4 Å². The molecule has 3 aromatic rings. The summed E-state index contributed by atoms with van der Waals surface area (Å²) >= 11 is 0. The van der Waals surface area contributed by atoms with Gasteiger partial charge in [-0.25, -0.2) is 13.1 Å². The molecule has 0 aliphatic carbocycles. The van der Waals surface area contributed by atoms with Crippen LogP contribution in [0.2, 0.25) is 0 Å². The number of anilines is 1. The van der Waals surface area contributed by atoms with E-state index in [0.717, 1.165) is 44.1 Å². The molecule has 0 bridgehead atoms. The highest BCUT2D eigenvalue weighted by atomic mass is 32.2. The molecular formula is C41H53N5O6S2. The smallest absolute Gasteiger partial charge is 0.264 e. The van der Waals surface area contributed by atoms with Gasteiger partial charge in [0.25, 0.3) is 10.0 Å². The van der Waals surface area contributed by atoms with Gasteiger partial charge in [-0.1, -0.05) is 103 Å². The van der Waals surface area contributed by atoms with Crippen LogP contribution in [0.5, 0.6) is 0 Å². The highest BCUT2D eigenvalue weighted by molar-refractivity contribution is 7.90. The number of azide groups is 1. The van der Waals surface area contributed by atoms with Gasteiger partial charge in [0.2, 0.25) is 11.8 Å². The molecule has 0 unspecified atom stereocenters. The Morgan fingerprint density at radius 1 is 0.722 bits per heavy atom. The molecule has 0 aliphatic rings. The Hall–Kier alpha value is -4.68. The molecule has 0 saturated carbocycles. The second kappa shape index (κ2) is 26.2. The number of hydrogen-bond donors (Lipinski definition) is 3. The van der Waals surface area contributed by atoms with Crippen LogP contribution >= 0.6 is 13.5 Å². The Labute approximate surface area is 326 Å². The first-order chi connectivity index (χ1) is 25.7. The van der Waals surface area contributed by atoms with E-state index < -0.39 is 22.0 Å². The molecule has 11 nitrogen and oxygen atoms in total. The molecule has 3 N–H and O–H groups in total. The number of aliphatic hydroxyl groups excluding tert-OH is 1. The first kappa shape index (κ1) is 45.5. The largest absolute Gasteiger partial charge is 0.393 e. The third-order valence-corrected chi connectivity index (χ3v) is 9.82. The van der Waals surface area contributed by atoms with E-state index in [0.29, 0.717) is 36.1 Å². The molecule has 0 fully saturated rings. The number of benzene rings is 3. The van der Waals surface area contributed by atoms with Gasteiger partial charge in [0.1, 0.15) is 0 Å². The minimum Gasteiger partial charge on any atom is -0.393 e. The highest BCUT2D eigenvalue weighted by Gasteiger charge is 2.17. The van der Waals surface area contributed by atoms with Gasteiger partial charge in [0, 0.05) is 28.1 Å². The number of nitrogens with one attached hydrogen (secondary N) is 2. The minimum absolute atomic E-state index is 0. The van der Waals surface area contributed by atoms with Gasteiger partial charge in [0.15, 0.2) is 5.78 Å². The molecule has 54 heavy (non-hydrogen) atoms. The second-order valence-electron chi connectivity index (χ2n) is 12.8. The SMILES string of the molecule is S.[N-]=[N+]=NC[C@@H](O)CCC/C=C\CCCCCCC/C=C\CCCC(=O)NS(=O)(=O)c1ccc(NC(=O)Cc2ccc(C(=O)c3ccccc3)cc2)cc1. The van der Waals surface area contributed by atoms with Crippen molar-refractivity contribution in [3.8, 4) is 0 Å². The molecule has 3 aromatic carbocycles. The van der Waals surface area contributed by atoms with Crippen molar-refractivity contribution in [3.05, 3.63) is 130 Å². The lowest BCUT2D eigenvalue weighted by Crippen LogP contribution is -2.30. The summed E-state index contributed by atoms with van der Waals surface area (Å²) in [6.07, 6.45) is 19.6. The molecule has 1 atom stereocenters. The number of carbonyl (C=O) groups is 3. The standard InChI is InChI=1S/C41H51N5O6S.H2S/c42-46-43-32-37(47)21-17-12-10-8-6-4-2-1-3-5-7-9-11-13-18-22-39(48)45-53(51,52)38-29-27-36(28-30-38)44-40(49)31-33-23-25-35(26-24-33)41(50)34-19-15-14-16-20-34;/h8-11,14-16,19-20,23-30,37,47H,1-7,12-13,17-18,21-22,31-32H2,(H,44,49)(H,45,48);1H2/b10-8-,11-9-;/t37-;/m0./s1. The van der Waals surface area contributed by atoms with Crippen LogP contribution in [0, 0.1) is 0 Å². The van der Waals surface area contributed by atoms with Crippen LogP contribution in [-0.2, 0) is 26.0 Å². The lowest BCUT2D eigenvalue weighted by molar-refractivity contribution is -0.119. The number of carbonyl (C=O) groups excluding carboxylic acids is 3. The van der Waals surface area contributed by atoms with E-state index in [2.05, 4.69) is 38.3 Å². The zero-order chi connectivity index (χ0) is 38.2. The second-order valence-corrected chi connectivity index (χ2v) is 14.5. The Kier molecular flexibility index (Phi) is 22.0. The number of allylic oxidation sites excluding steroid dienone is 4. The van der Waals surface area contributed by atoms with E-state index in [1.165, 1.54) is 43.5 Å². The number of aliphatic hydroxyl groups is 1. The summed E-state index contributed by atoms with van der Waals surface area (Å²) in [4.78, 5) is 40.1. The maximum absolute atomic E-state index is 12.7. The minimum atomic E-state index is -4.04. The van der Waals surface area contributed by atoms with E-state index in [9.17, 15) is 27.9 Å².